The Bertz CT molecular complexity index is 121. The van der Waals surface area contributed by atoms with Gasteiger partial charge in [-0.1, -0.05) is 0 Å². The number of carbonyl (C=O) groups is 1. The van der Waals surface area contributed by atoms with E-state index in [9.17, 15) is 4.79 Å². The Morgan fingerprint density at radius 2 is 2.33 bits per heavy atom. The summed E-state index contributed by atoms with van der Waals surface area (Å²) in [7, 11) is 3.48. The Hall–Kier alpha value is -1.03. The normalized spacial score (nSPS) is 11.1. The average molecular weight is 129 g/mol. The summed E-state index contributed by atoms with van der Waals surface area (Å²) in [5.41, 5.74) is 8.11. The molecule has 0 aliphatic carbocycles. The Balaban J connectivity index is 3.78. The Morgan fingerprint density at radius 1 is 1.78 bits per heavy atom. The van der Waals surface area contributed by atoms with Crippen molar-refractivity contribution in [1.29, 1.82) is 0 Å². The summed E-state index contributed by atoms with van der Waals surface area (Å²) in [4.78, 5) is 9.91. The molecular weight excluding hydrogens is 118 g/mol. The number of nitrogens with two attached hydrogens (primary N) is 1. The minimum Gasteiger partial charge on any atom is -0.395 e. The van der Waals surface area contributed by atoms with E-state index in [0.29, 0.717) is 6.29 Å². The van der Waals surface area contributed by atoms with E-state index in [-0.39, 0.29) is 5.70 Å². The molecule has 0 amide bonds. The molecule has 0 saturated heterocycles. The highest BCUT2D eigenvalue weighted by molar-refractivity contribution is 5.71. The van der Waals surface area contributed by atoms with Gasteiger partial charge in [0.15, 0.2) is 6.29 Å². The van der Waals surface area contributed by atoms with Crippen LogP contribution in [0.4, 0.5) is 0 Å². The van der Waals surface area contributed by atoms with Gasteiger partial charge in [0, 0.05) is 20.3 Å². The van der Waals surface area contributed by atoms with Crippen LogP contribution < -0.4 is 11.2 Å². The molecule has 0 aromatic rings. The highest BCUT2D eigenvalue weighted by Gasteiger charge is 1.86. The number of hydrogen-bond acceptors (Lipinski definition) is 4. The molecule has 0 aromatic heterocycles. The molecule has 0 rings (SSSR count). The maximum atomic E-state index is 9.91. The number of allylic oxidation sites excluding steroid dienone is 1. The van der Waals surface area contributed by atoms with Gasteiger partial charge in [-0.3, -0.25) is 4.79 Å². The number of nitrogens with one attached hydrogen (secondary N) is 1. The van der Waals surface area contributed by atoms with Gasteiger partial charge in [0.1, 0.15) is 0 Å². The van der Waals surface area contributed by atoms with Crippen molar-refractivity contribution >= 4 is 6.29 Å². The van der Waals surface area contributed by atoms with E-state index in [0.717, 1.165) is 0 Å². The first-order valence-corrected chi connectivity index (χ1v) is 2.53. The molecule has 0 saturated carbocycles. The van der Waals surface area contributed by atoms with Crippen LogP contribution in [0.3, 0.4) is 0 Å². The highest BCUT2D eigenvalue weighted by atomic mass is 16.1. The van der Waals surface area contributed by atoms with Crippen molar-refractivity contribution < 1.29 is 4.79 Å². The van der Waals surface area contributed by atoms with Gasteiger partial charge in [-0.2, -0.15) is 0 Å². The highest BCUT2D eigenvalue weighted by Crippen LogP contribution is 1.78. The minimum atomic E-state index is 0.201. The number of aldehydes is 1. The lowest BCUT2D eigenvalue weighted by atomic mass is 10.5. The topological polar surface area (TPSA) is 58.4 Å². The molecule has 0 spiro atoms. The Labute approximate surface area is 54.3 Å². The van der Waals surface area contributed by atoms with Crippen molar-refractivity contribution in [2.75, 3.05) is 14.1 Å². The van der Waals surface area contributed by atoms with Gasteiger partial charge in [-0.05, 0) is 0 Å². The van der Waals surface area contributed by atoms with Crippen molar-refractivity contribution in [2.45, 2.75) is 0 Å². The lowest BCUT2D eigenvalue weighted by Gasteiger charge is -2.10. The SMILES string of the molecule is CNN(C)/C=C(/N)C=O. The number of hydrogen-bond donors (Lipinski definition) is 2. The zero-order chi connectivity index (χ0) is 7.28. The minimum absolute atomic E-state index is 0.201. The van der Waals surface area contributed by atoms with Gasteiger partial charge >= 0.3 is 0 Å². The van der Waals surface area contributed by atoms with Crippen molar-refractivity contribution in [2.24, 2.45) is 5.73 Å². The molecular formula is C5H11N3O. The third-order valence-electron chi connectivity index (χ3n) is 0.832. The van der Waals surface area contributed by atoms with Crippen LogP contribution in [0.2, 0.25) is 0 Å². The third-order valence-corrected chi connectivity index (χ3v) is 0.832. The Kier molecular flexibility index (Phi) is 3.46. The van der Waals surface area contributed by atoms with Crippen LogP contribution in [0.1, 0.15) is 0 Å². The molecule has 0 fully saturated rings. The second kappa shape index (κ2) is 3.91. The third kappa shape index (κ3) is 3.54. The van der Waals surface area contributed by atoms with E-state index in [1.165, 1.54) is 6.20 Å². The Morgan fingerprint density at radius 3 is 2.67 bits per heavy atom. The number of rotatable bonds is 3. The lowest BCUT2D eigenvalue weighted by Crippen LogP contribution is -2.26. The van der Waals surface area contributed by atoms with Crippen LogP contribution in [0.5, 0.6) is 0 Å². The molecule has 0 bridgehead atoms. The van der Waals surface area contributed by atoms with E-state index < -0.39 is 0 Å². The monoisotopic (exact) mass is 129 g/mol. The van der Waals surface area contributed by atoms with Gasteiger partial charge in [0.2, 0.25) is 0 Å². The second-order valence-corrected chi connectivity index (χ2v) is 1.58. The summed E-state index contributed by atoms with van der Waals surface area (Å²) < 4.78 is 0. The lowest BCUT2D eigenvalue weighted by molar-refractivity contribution is -0.105. The quantitative estimate of drug-likeness (QED) is 0.293. The van der Waals surface area contributed by atoms with Gasteiger partial charge in [0.25, 0.3) is 0 Å². The van der Waals surface area contributed by atoms with Crippen LogP contribution in [0.25, 0.3) is 0 Å². The maximum Gasteiger partial charge on any atom is 0.167 e. The zero-order valence-corrected chi connectivity index (χ0v) is 5.59. The molecule has 0 aliphatic rings. The van der Waals surface area contributed by atoms with E-state index in [1.807, 2.05) is 0 Å². The van der Waals surface area contributed by atoms with Crippen LogP contribution in [-0.4, -0.2) is 25.4 Å². The summed E-state index contributed by atoms with van der Waals surface area (Å²) in [5, 5.41) is 1.59. The predicted octanol–water partition coefficient (Wildman–Crippen LogP) is -0.948. The van der Waals surface area contributed by atoms with Crippen LogP contribution in [0.15, 0.2) is 11.9 Å². The summed E-state index contributed by atoms with van der Waals surface area (Å²) in [5.74, 6) is 0. The largest absolute Gasteiger partial charge is 0.395 e. The van der Waals surface area contributed by atoms with Crippen LogP contribution >= 0.6 is 0 Å². The van der Waals surface area contributed by atoms with Crippen LogP contribution in [-0.2, 0) is 4.79 Å². The summed E-state index contributed by atoms with van der Waals surface area (Å²) in [6.07, 6.45) is 2.08. The van der Waals surface area contributed by atoms with E-state index >= 15 is 0 Å². The number of nitrogens with zero attached hydrogens (tertiary/aromatic N) is 1. The molecule has 3 N–H and O–H groups in total. The van der Waals surface area contributed by atoms with Crippen molar-refractivity contribution in [3.8, 4) is 0 Å². The van der Waals surface area contributed by atoms with E-state index in [1.54, 1.807) is 19.1 Å². The first-order valence-electron chi connectivity index (χ1n) is 2.53. The molecule has 0 aliphatic heterocycles. The molecule has 0 heterocycles. The van der Waals surface area contributed by atoms with Gasteiger partial charge < -0.3 is 10.7 Å². The smallest absolute Gasteiger partial charge is 0.167 e. The van der Waals surface area contributed by atoms with Crippen molar-refractivity contribution in [1.82, 2.24) is 10.4 Å². The number of carbonyl (C=O) groups excluding carboxylic acids is 1. The maximum absolute atomic E-state index is 9.91. The second-order valence-electron chi connectivity index (χ2n) is 1.58. The molecule has 0 radical (unpaired) electrons. The van der Waals surface area contributed by atoms with Gasteiger partial charge in [-0.15, -0.1) is 0 Å². The van der Waals surface area contributed by atoms with Crippen molar-refractivity contribution in [3.63, 3.8) is 0 Å². The first kappa shape index (κ1) is 7.97. The molecule has 4 nitrogen and oxygen atoms in total. The predicted molar refractivity (Wildman–Crippen MR) is 35.2 cm³/mol. The fraction of sp³-hybridized carbons (Fsp3) is 0.400. The number of hydrazine groups is 1. The summed E-state index contributed by atoms with van der Waals surface area (Å²) >= 11 is 0. The van der Waals surface area contributed by atoms with Crippen LogP contribution in [0, 0.1) is 0 Å². The van der Waals surface area contributed by atoms with Gasteiger partial charge in [0.05, 0.1) is 5.70 Å². The molecule has 0 aromatic carbocycles. The molecule has 0 atom stereocenters. The summed E-state index contributed by atoms with van der Waals surface area (Å²) in [6, 6.07) is 0. The molecule has 52 valence electrons. The summed E-state index contributed by atoms with van der Waals surface area (Å²) in [6.45, 7) is 0. The average Bonchev–Trinajstić information content (AvgIpc) is 1.87. The van der Waals surface area contributed by atoms with E-state index in [2.05, 4.69) is 5.43 Å². The van der Waals surface area contributed by atoms with E-state index in [4.69, 9.17) is 5.73 Å². The fourth-order valence-electron chi connectivity index (χ4n) is 0.319. The van der Waals surface area contributed by atoms with Crippen molar-refractivity contribution in [3.05, 3.63) is 11.9 Å². The fourth-order valence-corrected chi connectivity index (χ4v) is 0.319. The van der Waals surface area contributed by atoms with Gasteiger partial charge in [-0.25, -0.2) is 5.43 Å². The first-order chi connectivity index (χ1) is 4.20. The zero-order valence-electron chi connectivity index (χ0n) is 5.59. The molecule has 0 unspecified atom stereocenters. The standard InChI is InChI=1S/C5H11N3O/c1-7-8(2)3-5(6)4-9/h3-4,7H,6H2,1-2H3/b5-3+. The molecule has 9 heavy (non-hydrogen) atoms. The molecule has 4 heteroatoms.